The molecule has 4 heteroatoms. The number of anilines is 1. The third-order valence-corrected chi connectivity index (χ3v) is 4.21. The van der Waals surface area contributed by atoms with E-state index in [-0.39, 0.29) is 0 Å². The number of nitrogens with zero attached hydrogens (tertiary/aromatic N) is 2. The van der Waals surface area contributed by atoms with Crippen LogP contribution < -0.4 is 10.2 Å². The summed E-state index contributed by atoms with van der Waals surface area (Å²) >= 11 is 1.74. The molecule has 18 heavy (non-hydrogen) atoms. The molecule has 3 nitrogen and oxygen atoms in total. The van der Waals surface area contributed by atoms with E-state index < -0.39 is 0 Å². The van der Waals surface area contributed by atoms with Crippen LogP contribution in [0.2, 0.25) is 0 Å². The zero-order chi connectivity index (χ0) is 13.0. The Kier molecular flexibility index (Phi) is 4.51. The summed E-state index contributed by atoms with van der Waals surface area (Å²) in [6.07, 6.45) is 0. The summed E-state index contributed by atoms with van der Waals surface area (Å²) in [4.78, 5) is 3.44. The van der Waals surface area contributed by atoms with Gasteiger partial charge >= 0.3 is 0 Å². The summed E-state index contributed by atoms with van der Waals surface area (Å²) in [5.41, 5.74) is 1.92. The molecule has 0 amide bonds. The van der Waals surface area contributed by atoms with Crippen LogP contribution in [-0.2, 0) is 0 Å². The largest absolute Gasteiger partial charge is 0.365 e. The zero-order valence-corrected chi connectivity index (χ0v) is 11.8. The van der Waals surface area contributed by atoms with E-state index >= 15 is 0 Å². The van der Waals surface area contributed by atoms with Gasteiger partial charge in [-0.15, -0.1) is 11.8 Å². The molecule has 0 unspecified atom stereocenters. The molecule has 1 aromatic rings. The van der Waals surface area contributed by atoms with Crippen molar-refractivity contribution in [3.63, 3.8) is 0 Å². The van der Waals surface area contributed by atoms with Crippen molar-refractivity contribution in [2.75, 3.05) is 30.3 Å². The molecule has 0 aromatic heterocycles. The molecule has 1 fully saturated rings. The number of rotatable bonds is 5. The van der Waals surface area contributed by atoms with Gasteiger partial charge in [0.2, 0.25) is 0 Å². The molecular weight excluding hydrogens is 242 g/mol. The first-order chi connectivity index (χ1) is 8.81. The quantitative estimate of drug-likeness (QED) is 0.827. The highest BCUT2D eigenvalue weighted by atomic mass is 32.2. The van der Waals surface area contributed by atoms with Crippen molar-refractivity contribution in [3.8, 4) is 6.07 Å². The highest BCUT2D eigenvalue weighted by Crippen LogP contribution is 2.31. The van der Waals surface area contributed by atoms with Gasteiger partial charge in [0.1, 0.15) is 6.07 Å². The average molecular weight is 261 g/mol. The van der Waals surface area contributed by atoms with E-state index in [1.54, 1.807) is 11.8 Å². The minimum Gasteiger partial charge on any atom is -0.365 e. The summed E-state index contributed by atoms with van der Waals surface area (Å²) in [5, 5.41) is 12.7. The third kappa shape index (κ3) is 2.47. The SMILES string of the molecule is CCSc1cccc(N(CC)C2CNC2)c1C#N. The molecular formula is C14H19N3S. The maximum atomic E-state index is 9.44. The number of thioether (sulfide) groups is 1. The number of nitriles is 1. The monoisotopic (exact) mass is 261 g/mol. The molecule has 0 atom stereocenters. The number of likely N-dealkylation sites (N-methyl/N-ethyl adjacent to an activating group) is 1. The van der Waals surface area contributed by atoms with Crippen molar-refractivity contribution in [1.29, 1.82) is 5.26 Å². The number of benzene rings is 1. The van der Waals surface area contributed by atoms with Crippen LogP contribution in [0.1, 0.15) is 19.4 Å². The van der Waals surface area contributed by atoms with Crippen molar-refractivity contribution in [2.24, 2.45) is 0 Å². The molecule has 96 valence electrons. The third-order valence-electron chi connectivity index (χ3n) is 3.27. The molecule has 0 spiro atoms. The van der Waals surface area contributed by atoms with Crippen molar-refractivity contribution >= 4 is 17.4 Å². The fraction of sp³-hybridized carbons (Fsp3) is 0.500. The van der Waals surface area contributed by atoms with Gasteiger partial charge in [-0.05, 0) is 24.8 Å². The summed E-state index contributed by atoms with van der Waals surface area (Å²) in [6, 6.07) is 9.09. The summed E-state index contributed by atoms with van der Waals surface area (Å²) in [6.45, 7) is 7.25. The second-order valence-corrected chi connectivity index (χ2v) is 5.60. The van der Waals surface area contributed by atoms with Gasteiger partial charge in [-0.25, -0.2) is 0 Å². The lowest BCUT2D eigenvalue weighted by molar-refractivity contribution is 0.417. The lowest BCUT2D eigenvalue weighted by Gasteiger charge is -2.39. The zero-order valence-electron chi connectivity index (χ0n) is 10.9. The molecule has 1 N–H and O–H groups in total. The first-order valence-corrected chi connectivity index (χ1v) is 7.43. The minimum atomic E-state index is 0.531. The van der Waals surface area contributed by atoms with Gasteiger partial charge in [-0.1, -0.05) is 13.0 Å². The van der Waals surface area contributed by atoms with Crippen LogP contribution in [0.3, 0.4) is 0 Å². The molecule has 1 saturated heterocycles. The van der Waals surface area contributed by atoms with E-state index in [2.05, 4.69) is 42.3 Å². The fourth-order valence-electron chi connectivity index (χ4n) is 2.27. The number of hydrogen-bond donors (Lipinski definition) is 1. The van der Waals surface area contributed by atoms with E-state index in [4.69, 9.17) is 0 Å². The Morgan fingerprint density at radius 1 is 1.44 bits per heavy atom. The van der Waals surface area contributed by atoms with Gasteiger partial charge in [0, 0.05) is 24.5 Å². The summed E-state index contributed by atoms with van der Waals surface area (Å²) < 4.78 is 0. The maximum Gasteiger partial charge on any atom is 0.103 e. The van der Waals surface area contributed by atoms with Crippen LogP contribution >= 0.6 is 11.8 Å². The Hall–Kier alpha value is -1.18. The molecule has 1 aliphatic rings. The topological polar surface area (TPSA) is 39.1 Å². The predicted molar refractivity (Wildman–Crippen MR) is 77.2 cm³/mol. The Labute approximate surface area is 113 Å². The molecule has 1 heterocycles. The van der Waals surface area contributed by atoms with E-state index in [1.165, 1.54) is 0 Å². The van der Waals surface area contributed by atoms with Gasteiger partial charge < -0.3 is 10.2 Å². The second kappa shape index (κ2) is 6.12. The van der Waals surface area contributed by atoms with Crippen LogP contribution in [0, 0.1) is 11.3 Å². The molecule has 2 rings (SSSR count). The molecule has 0 aliphatic carbocycles. The highest BCUT2D eigenvalue weighted by molar-refractivity contribution is 7.99. The average Bonchev–Trinajstić information content (AvgIpc) is 2.33. The number of hydrogen-bond acceptors (Lipinski definition) is 4. The van der Waals surface area contributed by atoms with Crippen LogP contribution in [0.5, 0.6) is 0 Å². The van der Waals surface area contributed by atoms with Gasteiger partial charge in [0.25, 0.3) is 0 Å². The van der Waals surface area contributed by atoms with Crippen molar-refractivity contribution in [2.45, 2.75) is 24.8 Å². The second-order valence-electron chi connectivity index (χ2n) is 4.29. The molecule has 0 radical (unpaired) electrons. The Bertz CT molecular complexity index is 449. The standard InChI is InChI=1S/C14H19N3S/c1-3-17(11-9-16-10-11)13-6-5-7-14(18-4-2)12(13)8-15/h5-7,11,16H,3-4,9-10H2,1-2H3. The molecule has 1 aliphatic heterocycles. The Balaban J connectivity index is 2.36. The fourth-order valence-corrected chi connectivity index (χ4v) is 3.05. The maximum absolute atomic E-state index is 9.44. The van der Waals surface area contributed by atoms with E-state index in [0.29, 0.717) is 6.04 Å². The van der Waals surface area contributed by atoms with Crippen LogP contribution in [0.25, 0.3) is 0 Å². The Morgan fingerprint density at radius 3 is 2.72 bits per heavy atom. The number of nitrogens with one attached hydrogen (secondary N) is 1. The normalized spacial score (nSPS) is 14.9. The predicted octanol–water partition coefficient (Wildman–Crippen LogP) is 2.47. The summed E-state index contributed by atoms with van der Waals surface area (Å²) in [7, 11) is 0. The van der Waals surface area contributed by atoms with Gasteiger partial charge in [-0.2, -0.15) is 5.26 Å². The van der Waals surface area contributed by atoms with E-state index in [0.717, 1.165) is 41.5 Å². The molecule has 0 saturated carbocycles. The summed E-state index contributed by atoms with van der Waals surface area (Å²) in [5.74, 6) is 0.995. The Morgan fingerprint density at radius 2 is 2.22 bits per heavy atom. The first-order valence-electron chi connectivity index (χ1n) is 6.45. The van der Waals surface area contributed by atoms with E-state index in [1.807, 2.05) is 6.07 Å². The van der Waals surface area contributed by atoms with E-state index in [9.17, 15) is 5.26 Å². The van der Waals surface area contributed by atoms with Crippen molar-refractivity contribution < 1.29 is 0 Å². The smallest absolute Gasteiger partial charge is 0.103 e. The van der Waals surface area contributed by atoms with Crippen LogP contribution in [-0.4, -0.2) is 31.4 Å². The minimum absolute atomic E-state index is 0.531. The molecule has 1 aromatic carbocycles. The lowest BCUT2D eigenvalue weighted by Crippen LogP contribution is -2.57. The molecule has 0 bridgehead atoms. The lowest BCUT2D eigenvalue weighted by atomic mass is 10.1. The van der Waals surface area contributed by atoms with Crippen molar-refractivity contribution in [3.05, 3.63) is 23.8 Å². The van der Waals surface area contributed by atoms with Gasteiger partial charge in [0.15, 0.2) is 0 Å². The first kappa shape index (κ1) is 13.3. The highest BCUT2D eigenvalue weighted by Gasteiger charge is 2.25. The van der Waals surface area contributed by atoms with Crippen LogP contribution in [0.4, 0.5) is 5.69 Å². The van der Waals surface area contributed by atoms with Gasteiger partial charge in [0.05, 0.1) is 17.3 Å². The van der Waals surface area contributed by atoms with Gasteiger partial charge in [-0.3, -0.25) is 0 Å². The van der Waals surface area contributed by atoms with Crippen LogP contribution in [0.15, 0.2) is 23.1 Å². The van der Waals surface area contributed by atoms with Crippen molar-refractivity contribution in [1.82, 2.24) is 5.32 Å².